The lowest BCUT2D eigenvalue weighted by Gasteiger charge is -2.10. The Morgan fingerprint density at radius 1 is 1.00 bits per heavy atom. The normalized spacial score (nSPS) is 10.6. The van der Waals surface area contributed by atoms with Crippen molar-refractivity contribution < 1.29 is 4.79 Å². The molecule has 0 atom stereocenters. The summed E-state index contributed by atoms with van der Waals surface area (Å²) in [6.45, 7) is 0.475. The van der Waals surface area contributed by atoms with Crippen LogP contribution in [0.3, 0.4) is 0 Å². The summed E-state index contributed by atoms with van der Waals surface area (Å²) in [5.74, 6) is -0.215. The molecule has 6 nitrogen and oxygen atoms in total. The zero-order valence-electron chi connectivity index (χ0n) is 12.3. The summed E-state index contributed by atoms with van der Waals surface area (Å²) < 4.78 is 1.37. The first-order chi connectivity index (χ1) is 11.2. The Labute approximate surface area is 131 Å². The molecule has 23 heavy (non-hydrogen) atoms. The van der Waals surface area contributed by atoms with E-state index >= 15 is 0 Å². The molecular formula is C17H15N3O3. The maximum atomic E-state index is 12.0. The van der Waals surface area contributed by atoms with E-state index in [1.165, 1.54) is 4.57 Å². The molecule has 3 rings (SSSR count). The van der Waals surface area contributed by atoms with Gasteiger partial charge in [-0.2, -0.15) is 0 Å². The maximum absolute atomic E-state index is 12.0. The Hall–Kier alpha value is -3.15. The molecular weight excluding hydrogens is 294 g/mol. The number of nitrogens with one attached hydrogen (secondary N) is 2. The van der Waals surface area contributed by atoms with Gasteiger partial charge in [0.25, 0.3) is 5.91 Å². The number of carbonyl (C=O) groups is 1. The highest BCUT2D eigenvalue weighted by atomic mass is 16.2. The zero-order chi connectivity index (χ0) is 16.2. The molecule has 6 heteroatoms. The van der Waals surface area contributed by atoms with Crippen LogP contribution in [0.15, 0.2) is 64.2 Å². The second-order valence-corrected chi connectivity index (χ2v) is 5.05. The van der Waals surface area contributed by atoms with E-state index in [-0.39, 0.29) is 19.0 Å². The van der Waals surface area contributed by atoms with Gasteiger partial charge in [0.1, 0.15) is 0 Å². The topological polar surface area (TPSA) is 84.0 Å². The lowest BCUT2D eigenvalue weighted by Crippen LogP contribution is -2.39. The molecule has 0 saturated heterocycles. The lowest BCUT2D eigenvalue weighted by atomic mass is 10.2. The monoisotopic (exact) mass is 309 g/mol. The minimum absolute atomic E-state index is 0.215. The van der Waals surface area contributed by atoms with Gasteiger partial charge in [0.2, 0.25) is 0 Å². The van der Waals surface area contributed by atoms with Crippen molar-refractivity contribution in [1.82, 2.24) is 14.9 Å². The van der Waals surface area contributed by atoms with Gasteiger partial charge in [-0.05, 0) is 24.3 Å². The minimum atomic E-state index is -0.668. The number of hydrogen-bond acceptors (Lipinski definition) is 3. The molecule has 1 amide bonds. The highest BCUT2D eigenvalue weighted by Crippen LogP contribution is 2.06. The number of H-pyrrole nitrogens is 1. The number of amides is 1. The molecule has 0 aliphatic carbocycles. The van der Waals surface area contributed by atoms with E-state index in [0.717, 1.165) is 0 Å². The average molecular weight is 309 g/mol. The van der Waals surface area contributed by atoms with Crippen LogP contribution in [0.1, 0.15) is 10.4 Å². The average Bonchev–Trinajstić information content (AvgIpc) is 2.59. The highest BCUT2D eigenvalue weighted by molar-refractivity contribution is 5.94. The van der Waals surface area contributed by atoms with E-state index in [4.69, 9.17) is 0 Å². The molecule has 0 aliphatic heterocycles. The fourth-order valence-corrected chi connectivity index (χ4v) is 2.42. The van der Waals surface area contributed by atoms with Crippen LogP contribution < -0.4 is 16.4 Å². The molecule has 0 bridgehead atoms. The number of rotatable bonds is 4. The Kier molecular flexibility index (Phi) is 4.05. The molecule has 1 aromatic heterocycles. The van der Waals surface area contributed by atoms with Gasteiger partial charge in [-0.25, -0.2) is 0 Å². The second-order valence-electron chi connectivity index (χ2n) is 5.05. The van der Waals surface area contributed by atoms with Gasteiger partial charge >= 0.3 is 11.1 Å². The Morgan fingerprint density at radius 2 is 1.70 bits per heavy atom. The van der Waals surface area contributed by atoms with Gasteiger partial charge < -0.3 is 14.9 Å². The largest absolute Gasteiger partial charge is 0.350 e. The summed E-state index contributed by atoms with van der Waals surface area (Å²) in [6, 6.07) is 15.9. The smallest absolute Gasteiger partial charge is 0.316 e. The Bertz CT molecular complexity index is 958. The number of aromatic amines is 1. The van der Waals surface area contributed by atoms with Crippen LogP contribution >= 0.6 is 0 Å². The van der Waals surface area contributed by atoms with Crippen molar-refractivity contribution in [2.24, 2.45) is 0 Å². The summed E-state index contributed by atoms with van der Waals surface area (Å²) in [7, 11) is 0. The molecule has 0 spiro atoms. The molecule has 3 aromatic rings. The van der Waals surface area contributed by atoms with Crippen molar-refractivity contribution >= 4 is 16.9 Å². The molecule has 1 heterocycles. The van der Waals surface area contributed by atoms with Crippen molar-refractivity contribution in [2.45, 2.75) is 6.54 Å². The minimum Gasteiger partial charge on any atom is -0.350 e. The molecule has 116 valence electrons. The van der Waals surface area contributed by atoms with Crippen LogP contribution in [0.2, 0.25) is 0 Å². The number of para-hydroxylation sites is 2. The summed E-state index contributed by atoms with van der Waals surface area (Å²) in [6.07, 6.45) is 0. The van der Waals surface area contributed by atoms with Gasteiger partial charge in [-0.3, -0.25) is 14.4 Å². The van der Waals surface area contributed by atoms with E-state index < -0.39 is 11.1 Å². The van der Waals surface area contributed by atoms with Crippen molar-refractivity contribution in [3.8, 4) is 0 Å². The van der Waals surface area contributed by atoms with E-state index in [9.17, 15) is 14.4 Å². The van der Waals surface area contributed by atoms with E-state index in [0.29, 0.717) is 16.6 Å². The summed E-state index contributed by atoms with van der Waals surface area (Å²) in [4.78, 5) is 38.3. The van der Waals surface area contributed by atoms with Gasteiger partial charge in [0.15, 0.2) is 0 Å². The maximum Gasteiger partial charge on any atom is 0.316 e. The molecule has 0 radical (unpaired) electrons. The van der Waals surface area contributed by atoms with Gasteiger partial charge in [-0.15, -0.1) is 0 Å². The number of carbonyl (C=O) groups excluding carboxylic acids is 1. The van der Waals surface area contributed by atoms with Crippen molar-refractivity contribution in [1.29, 1.82) is 0 Å². The van der Waals surface area contributed by atoms with E-state index in [1.807, 2.05) is 6.07 Å². The van der Waals surface area contributed by atoms with Crippen LogP contribution in [0.5, 0.6) is 0 Å². The molecule has 0 aliphatic rings. The number of nitrogens with zero attached hydrogens (tertiary/aromatic N) is 1. The second kappa shape index (κ2) is 6.31. The number of benzene rings is 2. The fraction of sp³-hybridized carbons (Fsp3) is 0.118. The van der Waals surface area contributed by atoms with Gasteiger partial charge in [-0.1, -0.05) is 30.3 Å². The van der Waals surface area contributed by atoms with Crippen molar-refractivity contribution in [3.63, 3.8) is 0 Å². The van der Waals surface area contributed by atoms with Crippen molar-refractivity contribution in [2.75, 3.05) is 6.54 Å². The quantitative estimate of drug-likeness (QED) is 0.708. The van der Waals surface area contributed by atoms with E-state index in [2.05, 4.69) is 10.3 Å². The first-order valence-electron chi connectivity index (χ1n) is 7.22. The first-order valence-corrected chi connectivity index (χ1v) is 7.22. The van der Waals surface area contributed by atoms with Gasteiger partial charge in [0, 0.05) is 18.7 Å². The molecule has 2 N–H and O–H groups in total. The van der Waals surface area contributed by atoms with Crippen LogP contribution in [0.4, 0.5) is 0 Å². The van der Waals surface area contributed by atoms with Crippen LogP contribution in [-0.2, 0) is 6.54 Å². The summed E-state index contributed by atoms with van der Waals surface area (Å²) in [5.41, 5.74) is 0.476. The molecule has 0 unspecified atom stereocenters. The van der Waals surface area contributed by atoms with Crippen LogP contribution in [0, 0.1) is 0 Å². The fourth-order valence-electron chi connectivity index (χ4n) is 2.42. The third kappa shape index (κ3) is 3.06. The number of hydrogen-bond donors (Lipinski definition) is 2. The lowest BCUT2D eigenvalue weighted by molar-refractivity contribution is 0.0952. The molecule has 2 aromatic carbocycles. The third-order valence-corrected chi connectivity index (χ3v) is 3.54. The third-order valence-electron chi connectivity index (χ3n) is 3.54. The number of aromatic nitrogens is 2. The van der Waals surface area contributed by atoms with Crippen molar-refractivity contribution in [3.05, 3.63) is 80.9 Å². The van der Waals surface area contributed by atoms with E-state index in [1.54, 1.807) is 48.5 Å². The highest BCUT2D eigenvalue weighted by Gasteiger charge is 2.08. The summed E-state index contributed by atoms with van der Waals surface area (Å²) in [5, 5.41) is 2.75. The Balaban J connectivity index is 1.80. The predicted octanol–water partition coefficient (Wildman–Crippen LogP) is 1.12. The van der Waals surface area contributed by atoms with Gasteiger partial charge in [0.05, 0.1) is 11.0 Å². The zero-order valence-corrected chi connectivity index (χ0v) is 12.3. The predicted molar refractivity (Wildman–Crippen MR) is 87.6 cm³/mol. The summed E-state index contributed by atoms with van der Waals surface area (Å²) >= 11 is 0. The first kappa shape index (κ1) is 14.8. The molecule has 0 fully saturated rings. The molecule has 0 saturated carbocycles. The SMILES string of the molecule is O=C(NCCn1c(=O)c(=O)[nH]c2ccccc21)c1ccccc1. The van der Waals surface area contributed by atoms with Crippen LogP contribution in [-0.4, -0.2) is 22.0 Å². The standard InChI is InChI=1S/C17H15N3O3/c21-15(12-6-2-1-3-7-12)18-10-11-20-14-9-5-4-8-13(14)19-16(22)17(20)23/h1-9H,10-11H2,(H,18,21)(H,19,22). The number of fused-ring (bicyclic) bond motifs is 1. The van der Waals surface area contributed by atoms with Crippen LogP contribution in [0.25, 0.3) is 11.0 Å². The Morgan fingerprint density at radius 3 is 2.48 bits per heavy atom.